The Kier molecular flexibility index (Phi) is 2.66. The Morgan fingerprint density at radius 3 is 2.80 bits per heavy atom. The second-order valence-electron chi connectivity index (χ2n) is 4.62. The fourth-order valence-electron chi connectivity index (χ4n) is 2.09. The predicted octanol–water partition coefficient (Wildman–Crippen LogP) is 0.229. The third-order valence-corrected chi connectivity index (χ3v) is 4.05. The molecule has 0 aromatic heterocycles. The van der Waals surface area contributed by atoms with E-state index in [0.717, 1.165) is 17.9 Å². The first-order chi connectivity index (χ1) is 7.00. The van der Waals surface area contributed by atoms with Crippen LogP contribution in [0.3, 0.4) is 0 Å². The van der Waals surface area contributed by atoms with Gasteiger partial charge in [-0.2, -0.15) is 11.8 Å². The molecule has 1 N–H and O–H groups in total. The van der Waals surface area contributed by atoms with Crippen molar-refractivity contribution in [1.29, 1.82) is 0 Å². The zero-order chi connectivity index (χ0) is 11.1. The first-order valence-corrected chi connectivity index (χ1v) is 6.36. The third kappa shape index (κ3) is 1.97. The Balaban J connectivity index is 2.16. The Morgan fingerprint density at radius 2 is 2.20 bits per heavy atom. The quantitative estimate of drug-likeness (QED) is 0.699. The molecule has 2 rings (SSSR count). The number of nitrogens with zero attached hydrogens (tertiary/aromatic N) is 1. The van der Waals surface area contributed by atoms with Crippen LogP contribution in [0.15, 0.2) is 0 Å². The molecule has 0 spiro atoms. The van der Waals surface area contributed by atoms with Gasteiger partial charge < -0.3 is 10.2 Å². The molecule has 2 saturated heterocycles. The van der Waals surface area contributed by atoms with Gasteiger partial charge in [-0.05, 0) is 26.0 Å². The molecule has 0 aliphatic carbocycles. The molecule has 0 bridgehead atoms. The summed E-state index contributed by atoms with van der Waals surface area (Å²) in [5.74, 6) is 2.07. The molecule has 5 heteroatoms. The maximum absolute atomic E-state index is 12.1. The largest absolute Gasteiger partial charge is 0.341 e. The van der Waals surface area contributed by atoms with Crippen molar-refractivity contribution in [3.05, 3.63) is 0 Å². The number of piperazine rings is 1. The molecule has 2 aliphatic rings. The number of hydrogen-bond acceptors (Lipinski definition) is 3. The third-order valence-electron chi connectivity index (χ3n) is 2.91. The van der Waals surface area contributed by atoms with Crippen molar-refractivity contribution >= 4 is 23.6 Å². The van der Waals surface area contributed by atoms with Gasteiger partial charge in [-0.15, -0.1) is 0 Å². The first kappa shape index (κ1) is 10.8. The minimum atomic E-state index is -0.734. The van der Waals surface area contributed by atoms with Crippen LogP contribution in [0.2, 0.25) is 0 Å². The van der Waals surface area contributed by atoms with Crippen LogP contribution in [-0.4, -0.2) is 46.3 Å². The topological polar surface area (TPSA) is 49.4 Å². The summed E-state index contributed by atoms with van der Waals surface area (Å²) >= 11 is 1.85. The molecule has 1 atom stereocenters. The van der Waals surface area contributed by atoms with Gasteiger partial charge in [-0.25, -0.2) is 0 Å². The summed E-state index contributed by atoms with van der Waals surface area (Å²) in [5.41, 5.74) is -0.734. The summed E-state index contributed by atoms with van der Waals surface area (Å²) in [5, 5.41) is 2.72. The first-order valence-electron chi connectivity index (χ1n) is 5.20. The van der Waals surface area contributed by atoms with Gasteiger partial charge in [0.2, 0.25) is 11.8 Å². The molecular formula is C10H16N2O2S. The molecule has 0 aromatic carbocycles. The van der Waals surface area contributed by atoms with Crippen LogP contribution >= 0.6 is 11.8 Å². The van der Waals surface area contributed by atoms with E-state index in [1.54, 1.807) is 18.7 Å². The van der Waals surface area contributed by atoms with E-state index in [2.05, 4.69) is 5.32 Å². The van der Waals surface area contributed by atoms with Crippen molar-refractivity contribution < 1.29 is 9.59 Å². The van der Waals surface area contributed by atoms with E-state index in [0.29, 0.717) is 0 Å². The van der Waals surface area contributed by atoms with Crippen LogP contribution in [0.25, 0.3) is 0 Å². The van der Waals surface area contributed by atoms with Gasteiger partial charge in [0.05, 0.1) is 6.54 Å². The average Bonchev–Trinajstić information content (AvgIpc) is 2.63. The van der Waals surface area contributed by atoms with Crippen LogP contribution < -0.4 is 5.32 Å². The summed E-state index contributed by atoms with van der Waals surface area (Å²) in [6.45, 7) is 3.76. The predicted molar refractivity (Wildman–Crippen MR) is 59.7 cm³/mol. The normalized spacial score (nSPS) is 30.5. The van der Waals surface area contributed by atoms with Crippen molar-refractivity contribution in [1.82, 2.24) is 10.2 Å². The van der Waals surface area contributed by atoms with Gasteiger partial charge in [0.25, 0.3) is 0 Å². The minimum absolute atomic E-state index is 0.0449. The maximum atomic E-state index is 12.1. The van der Waals surface area contributed by atoms with E-state index in [1.165, 1.54) is 0 Å². The maximum Gasteiger partial charge on any atom is 0.248 e. The number of nitrogens with one attached hydrogen (secondary N) is 1. The highest BCUT2D eigenvalue weighted by Crippen LogP contribution is 2.25. The molecular weight excluding hydrogens is 212 g/mol. The van der Waals surface area contributed by atoms with Crippen molar-refractivity contribution in [3.8, 4) is 0 Å². The summed E-state index contributed by atoms with van der Waals surface area (Å²) in [4.78, 5) is 25.3. The zero-order valence-electron chi connectivity index (χ0n) is 9.08. The number of hydrogen-bond donors (Lipinski definition) is 1. The molecule has 15 heavy (non-hydrogen) atoms. The van der Waals surface area contributed by atoms with E-state index >= 15 is 0 Å². The van der Waals surface area contributed by atoms with Crippen molar-refractivity contribution in [3.63, 3.8) is 0 Å². The van der Waals surface area contributed by atoms with Crippen LogP contribution in [0.1, 0.15) is 20.3 Å². The lowest BCUT2D eigenvalue weighted by atomic mass is 9.99. The van der Waals surface area contributed by atoms with Gasteiger partial charge in [0, 0.05) is 11.8 Å². The van der Waals surface area contributed by atoms with Gasteiger partial charge >= 0.3 is 0 Å². The summed E-state index contributed by atoms with van der Waals surface area (Å²) in [6.07, 6.45) is 1.01. The molecule has 84 valence electrons. The van der Waals surface area contributed by atoms with Crippen LogP contribution in [0, 0.1) is 0 Å². The molecule has 2 aliphatic heterocycles. The summed E-state index contributed by atoms with van der Waals surface area (Å²) < 4.78 is 0. The Hall–Kier alpha value is -0.710. The highest BCUT2D eigenvalue weighted by molar-refractivity contribution is 7.99. The second-order valence-corrected chi connectivity index (χ2v) is 5.77. The van der Waals surface area contributed by atoms with E-state index in [4.69, 9.17) is 0 Å². The molecule has 1 unspecified atom stereocenters. The lowest BCUT2D eigenvalue weighted by molar-refractivity contribution is -0.150. The molecule has 2 amide bonds. The van der Waals surface area contributed by atoms with E-state index in [9.17, 15) is 9.59 Å². The highest BCUT2D eigenvalue weighted by Gasteiger charge is 2.42. The number of amides is 2. The number of rotatable bonds is 1. The average molecular weight is 228 g/mol. The standard InChI is InChI=1S/C10H16N2O2S/c1-10(2)9(14)12(5-8(13)11-10)7-3-4-15-6-7/h7H,3-6H2,1-2H3,(H,11,13). The zero-order valence-corrected chi connectivity index (χ0v) is 9.89. The van der Waals surface area contributed by atoms with Gasteiger partial charge in [-0.3, -0.25) is 9.59 Å². The number of thioether (sulfide) groups is 1. The number of carbonyl (C=O) groups is 2. The Labute approximate surface area is 93.8 Å². The van der Waals surface area contributed by atoms with Crippen molar-refractivity contribution in [2.75, 3.05) is 18.1 Å². The number of carbonyl (C=O) groups excluding carboxylic acids is 2. The Morgan fingerprint density at radius 1 is 1.47 bits per heavy atom. The lowest BCUT2D eigenvalue weighted by Crippen LogP contribution is -2.65. The van der Waals surface area contributed by atoms with Crippen LogP contribution in [-0.2, 0) is 9.59 Å². The van der Waals surface area contributed by atoms with Gasteiger partial charge in [0.15, 0.2) is 0 Å². The molecule has 2 fully saturated rings. The summed E-state index contributed by atoms with van der Waals surface area (Å²) in [6, 6.07) is 0.257. The fraction of sp³-hybridized carbons (Fsp3) is 0.800. The molecule has 2 heterocycles. The molecule has 0 radical (unpaired) electrons. The SMILES string of the molecule is CC1(C)NC(=O)CN(C2CCSC2)C1=O. The minimum Gasteiger partial charge on any atom is -0.341 e. The Bertz CT molecular complexity index is 298. The molecule has 0 aromatic rings. The second kappa shape index (κ2) is 3.70. The fourth-order valence-corrected chi connectivity index (χ4v) is 3.31. The lowest BCUT2D eigenvalue weighted by Gasteiger charge is -2.40. The van der Waals surface area contributed by atoms with E-state index < -0.39 is 5.54 Å². The van der Waals surface area contributed by atoms with Crippen LogP contribution in [0.5, 0.6) is 0 Å². The summed E-state index contributed by atoms with van der Waals surface area (Å²) in [7, 11) is 0. The highest BCUT2D eigenvalue weighted by atomic mass is 32.2. The van der Waals surface area contributed by atoms with Crippen molar-refractivity contribution in [2.45, 2.75) is 31.8 Å². The molecule has 4 nitrogen and oxygen atoms in total. The van der Waals surface area contributed by atoms with Gasteiger partial charge in [0.1, 0.15) is 5.54 Å². The smallest absolute Gasteiger partial charge is 0.248 e. The van der Waals surface area contributed by atoms with Gasteiger partial charge in [-0.1, -0.05) is 0 Å². The monoisotopic (exact) mass is 228 g/mol. The van der Waals surface area contributed by atoms with E-state index in [1.807, 2.05) is 11.8 Å². The molecule has 0 saturated carbocycles. The van der Waals surface area contributed by atoms with Crippen LogP contribution in [0.4, 0.5) is 0 Å². The van der Waals surface area contributed by atoms with Crippen molar-refractivity contribution in [2.24, 2.45) is 0 Å². The van der Waals surface area contributed by atoms with E-state index in [-0.39, 0.29) is 24.4 Å².